The van der Waals surface area contributed by atoms with Crippen LogP contribution in [0.5, 0.6) is 0 Å². The first kappa shape index (κ1) is 12.2. The van der Waals surface area contributed by atoms with E-state index >= 15 is 0 Å². The molecule has 2 unspecified atom stereocenters. The van der Waals surface area contributed by atoms with E-state index in [2.05, 4.69) is 15.9 Å². The Morgan fingerprint density at radius 2 is 2.31 bits per heavy atom. The summed E-state index contributed by atoms with van der Waals surface area (Å²) in [6.07, 6.45) is 1.19. The highest BCUT2D eigenvalue weighted by atomic mass is 79.9. The van der Waals surface area contributed by atoms with Gasteiger partial charge in [-0.1, -0.05) is 0 Å². The summed E-state index contributed by atoms with van der Waals surface area (Å²) in [4.78, 5) is 0.794. The van der Waals surface area contributed by atoms with Crippen LogP contribution in [0, 0.1) is 5.82 Å². The van der Waals surface area contributed by atoms with Gasteiger partial charge in [0, 0.05) is 22.4 Å². The van der Waals surface area contributed by atoms with Gasteiger partial charge in [0.15, 0.2) is 0 Å². The topological polar surface area (TPSA) is 35.2 Å². The highest BCUT2D eigenvalue weighted by Gasteiger charge is 2.26. The van der Waals surface area contributed by atoms with Crippen molar-refractivity contribution in [1.29, 1.82) is 0 Å². The molecule has 16 heavy (non-hydrogen) atoms. The molecule has 1 heterocycles. The number of nitrogens with two attached hydrogens (primary N) is 1. The molecule has 0 aromatic heterocycles. The zero-order valence-electron chi connectivity index (χ0n) is 8.87. The number of rotatable bonds is 2. The molecule has 0 spiro atoms. The van der Waals surface area contributed by atoms with Crippen molar-refractivity contribution in [2.75, 3.05) is 12.3 Å². The van der Waals surface area contributed by atoms with Crippen LogP contribution in [0.3, 0.4) is 0 Å². The SMILES string of the molecule is CC1OCCC1Sc1cc(F)c(Br)cc1N. The lowest BCUT2D eigenvalue weighted by Crippen LogP contribution is -2.13. The minimum atomic E-state index is -0.275. The van der Waals surface area contributed by atoms with E-state index in [9.17, 15) is 4.39 Å². The molecule has 1 aliphatic rings. The fourth-order valence-electron chi connectivity index (χ4n) is 1.68. The van der Waals surface area contributed by atoms with E-state index in [0.29, 0.717) is 15.4 Å². The smallest absolute Gasteiger partial charge is 0.138 e. The normalized spacial score (nSPS) is 24.9. The highest BCUT2D eigenvalue weighted by molar-refractivity contribution is 9.10. The van der Waals surface area contributed by atoms with Crippen molar-refractivity contribution in [2.24, 2.45) is 0 Å². The van der Waals surface area contributed by atoms with Gasteiger partial charge in [-0.25, -0.2) is 4.39 Å². The zero-order valence-corrected chi connectivity index (χ0v) is 11.3. The van der Waals surface area contributed by atoms with Gasteiger partial charge < -0.3 is 10.5 Å². The average molecular weight is 306 g/mol. The number of halogens is 2. The largest absolute Gasteiger partial charge is 0.398 e. The maximum atomic E-state index is 13.4. The lowest BCUT2D eigenvalue weighted by atomic mass is 10.3. The fraction of sp³-hybridized carbons (Fsp3) is 0.455. The highest BCUT2D eigenvalue weighted by Crippen LogP contribution is 2.37. The summed E-state index contributed by atoms with van der Waals surface area (Å²) in [6, 6.07) is 3.09. The van der Waals surface area contributed by atoms with Crippen LogP contribution in [-0.2, 0) is 4.74 Å². The Hall–Kier alpha value is -0.260. The Labute approximate surface area is 107 Å². The van der Waals surface area contributed by atoms with E-state index in [1.807, 2.05) is 6.92 Å². The number of nitrogen functional groups attached to an aromatic ring is 1. The first-order chi connectivity index (χ1) is 7.58. The third-order valence-electron chi connectivity index (χ3n) is 2.64. The van der Waals surface area contributed by atoms with Crippen LogP contribution in [0.25, 0.3) is 0 Å². The molecule has 1 aromatic carbocycles. The summed E-state index contributed by atoms with van der Waals surface area (Å²) in [5, 5.41) is 0.364. The molecule has 0 amide bonds. The van der Waals surface area contributed by atoms with Crippen molar-refractivity contribution in [2.45, 2.75) is 29.6 Å². The molecule has 1 aliphatic heterocycles. The molecule has 2 N–H and O–H groups in total. The lowest BCUT2D eigenvalue weighted by molar-refractivity contribution is 0.127. The molecule has 0 bridgehead atoms. The maximum Gasteiger partial charge on any atom is 0.138 e. The van der Waals surface area contributed by atoms with Crippen LogP contribution >= 0.6 is 27.7 Å². The van der Waals surface area contributed by atoms with E-state index in [1.165, 1.54) is 6.07 Å². The summed E-state index contributed by atoms with van der Waals surface area (Å²) in [5.74, 6) is -0.275. The van der Waals surface area contributed by atoms with E-state index in [4.69, 9.17) is 10.5 Å². The maximum absolute atomic E-state index is 13.4. The minimum absolute atomic E-state index is 0.205. The average Bonchev–Trinajstić information content (AvgIpc) is 2.61. The number of thioether (sulfide) groups is 1. The van der Waals surface area contributed by atoms with Gasteiger partial charge in [-0.3, -0.25) is 0 Å². The molecule has 2 nitrogen and oxygen atoms in total. The Bertz CT molecular complexity index is 402. The van der Waals surface area contributed by atoms with Crippen molar-refractivity contribution >= 4 is 33.4 Å². The Kier molecular flexibility index (Phi) is 3.77. The van der Waals surface area contributed by atoms with Crippen LogP contribution < -0.4 is 5.73 Å². The molecule has 2 atom stereocenters. The molecule has 1 fully saturated rings. The van der Waals surface area contributed by atoms with Gasteiger partial charge in [-0.05, 0) is 41.4 Å². The van der Waals surface area contributed by atoms with Gasteiger partial charge in [0.1, 0.15) is 5.82 Å². The summed E-state index contributed by atoms with van der Waals surface area (Å²) >= 11 is 4.71. The molecule has 2 rings (SSSR count). The van der Waals surface area contributed by atoms with Crippen molar-refractivity contribution in [3.8, 4) is 0 Å². The number of hydrogen-bond donors (Lipinski definition) is 1. The second-order valence-electron chi connectivity index (χ2n) is 3.83. The summed E-state index contributed by atoms with van der Waals surface area (Å²) in [6.45, 7) is 2.81. The number of anilines is 1. The predicted molar refractivity (Wildman–Crippen MR) is 68.2 cm³/mol. The summed E-state index contributed by atoms with van der Waals surface area (Å²) in [5.41, 5.74) is 6.46. The van der Waals surface area contributed by atoms with Crippen LogP contribution in [0.4, 0.5) is 10.1 Å². The zero-order chi connectivity index (χ0) is 11.7. The second-order valence-corrected chi connectivity index (χ2v) is 5.96. The quantitative estimate of drug-likeness (QED) is 0.850. The van der Waals surface area contributed by atoms with Gasteiger partial charge in [0.05, 0.1) is 10.6 Å². The molecular formula is C11H13BrFNOS. The van der Waals surface area contributed by atoms with Gasteiger partial charge in [0.2, 0.25) is 0 Å². The van der Waals surface area contributed by atoms with Crippen molar-refractivity contribution in [3.63, 3.8) is 0 Å². The molecule has 1 saturated heterocycles. The lowest BCUT2D eigenvalue weighted by Gasteiger charge is -2.15. The van der Waals surface area contributed by atoms with Crippen molar-refractivity contribution in [1.82, 2.24) is 0 Å². The Balaban J connectivity index is 2.18. The molecule has 0 radical (unpaired) electrons. The van der Waals surface area contributed by atoms with Gasteiger partial charge in [-0.2, -0.15) is 0 Å². The standard InChI is InChI=1S/C11H13BrFNOS/c1-6-10(2-3-15-6)16-11-5-8(13)7(12)4-9(11)14/h4-6,10H,2-3,14H2,1H3. The summed E-state index contributed by atoms with van der Waals surface area (Å²) < 4.78 is 19.3. The second kappa shape index (κ2) is 4.94. The van der Waals surface area contributed by atoms with Crippen molar-refractivity contribution in [3.05, 3.63) is 22.4 Å². The van der Waals surface area contributed by atoms with E-state index < -0.39 is 0 Å². The molecule has 88 valence electrons. The van der Waals surface area contributed by atoms with Crippen LogP contribution in [0.1, 0.15) is 13.3 Å². The number of ether oxygens (including phenoxy) is 1. The first-order valence-corrected chi connectivity index (χ1v) is 6.78. The van der Waals surface area contributed by atoms with Crippen LogP contribution in [0.2, 0.25) is 0 Å². The monoisotopic (exact) mass is 305 g/mol. The predicted octanol–water partition coefficient (Wildman–Crippen LogP) is 3.44. The molecular weight excluding hydrogens is 293 g/mol. The fourth-order valence-corrected chi connectivity index (χ4v) is 3.21. The van der Waals surface area contributed by atoms with E-state index in [1.54, 1.807) is 17.8 Å². The summed E-state index contributed by atoms with van der Waals surface area (Å²) in [7, 11) is 0. The van der Waals surface area contributed by atoms with Crippen molar-refractivity contribution < 1.29 is 9.13 Å². The Morgan fingerprint density at radius 3 is 2.94 bits per heavy atom. The third kappa shape index (κ3) is 2.52. The van der Waals surface area contributed by atoms with E-state index in [-0.39, 0.29) is 11.9 Å². The number of hydrogen-bond acceptors (Lipinski definition) is 3. The van der Waals surface area contributed by atoms with E-state index in [0.717, 1.165) is 17.9 Å². The minimum Gasteiger partial charge on any atom is -0.398 e. The first-order valence-electron chi connectivity index (χ1n) is 5.10. The molecule has 5 heteroatoms. The number of benzene rings is 1. The van der Waals surface area contributed by atoms with Gasteiger partial charge >= 0.3 is 0 Å². The van der Waals surface area contributed by atoms with Crippen LogP contribution in [0.15, 0.2) is 21.5 Å². The third-order valence-corrected chi connectivity index (χ3v) is 4.77. The molecule has 0 saturated carbocycles. The molecule has 0 aliphatic carbocycles. The van der Waals surface area contributed by atoms with Gasteiger partial charge in [0.25, 0.3) is 0 Å². The van der Waals surface area contributed by atoms with Crippen LogP contribution in [-0.4, -0.2) is 18.0 Å². The Morgan fingerprint density at radius 1 is 1.56 bits per heavy atom. The van der Waals surface area contributed by atoms with Gasteiger partial charge in [-0.15, -0.1) is 11.8 Å². The molecule has 1 aromatic rings.